The summed E-state index contributed by atoms with van der Waals surface area (Å²) >= 11 is 0. The summed E-state index contributed by atoms with van der Waals surface area (Å²) in [5.74, 6) is 1.12. The quantitative estimate of drug-likeness (QED) is 0.739. The van der Waals surface area contributed by atoms with Crippen LogP contribution in [0.2, 0.25) is 0 Å². The molecule has 0 aliphatic carbocycles. The van der Waals surface area contributed by atoms with E-state index in [1.54, 1.807) is 19.2 Å². The predicted molar refractivity (Wildman–Crippen MR) is 94.3 cm³/mol. The number of ether oxygens (including phenoxy) is 1. The average molecular weight is 344 g/mol. The fraction of sp³-hybridized carbons (Fsp3) is 0.125. The Hall–Kier alpha value is -2.87. The van der Waals surface area contributed by atoms with Crippen LogP contribution in [0.15, 0.2) is 48.5 Å². The highest BCUT2D eigenvalue weighted by Crippen LogP contribution is 2.27. The summed E-state index contributed by atoms with van der Waals surface area (Å²) in [5, 5.41) is 3.08. The molecule has 2 aromatic carbocycles. The van der Waals surface area contributed by atoms with Crippen molar-refractivity contribution in [1.29, 1.82) is 0 Å². The third-order valence-corrected chi connectivity index (χ3v) is 3.75. The molecule has 0 fully saturated rings. The van der Waals surface area contributed by atoms with E-state index in [0.29, 0.717) is 28.3 Å². The molecule has 24 heavy (non-hydrogen) atoms. The minimum atomic E-state index is -3.49. The molecule has 0 unspecified atom stereocenters. The van der Waals surface area contributed by atoms with Crippen LogP contribution in [0.1, 0.15) is 0 Å². The number of sulfonamides is 1. The number of benzene rings is 2. The first-order valence-corrected chi connectivity index (χ1v) is 8.99. The molecule has 124 valence electrons. The molecular weight excluding hydrogens is 328 g/mol. The van der Waals surface area contributed by atoms with Crippen molar-refractivity contribution in [1.82, 2.24) is 9.97 Å². The maximum absolute atomic E-state index is 11.6. The van der Waals surface area contributed by atoms with Crippen molar-refractivity contribution >= 4 is 38.4 Å². The summed E-state index contributed by atoms with van der Waals surface area (Å²) in [5.41, 5.74) is 1.96. The topological polar surface area (TPSA) is 93.2 Å². The second-order valence-electron chi connectivity index (χ2n) is 5.14. The van der Waals surface area contributed by atoms with E-state index < -0.39 is 10.0 Å². The van der Waals surface area contributed by atoms with Crippen molar-refractivity contribution in [3.63, 3.8) is 0 Å². The van der Waals surface area contributed by atoms with Gasteiger partial charge < -0.3 is 10.1 Å². The zero-order valence-electron chi connectivity index (χ0n) is 13.1. The fourth-order valence-electron chi connectivity index (χ4n) is 2.17. The summed E-state index contributed by atoms with van der Waals surface area (Å²) in [4.78, 5) is 8.82. The van der Waals surface area contributed by atoms with E-state index in [1.807, 2.05) is 36.4 Å². The van der Waals surface area contributed by atoms with E-state index in [9.17, 15) is 8.42 Å². The first-order chi connectivity index (χ1) is 11.4. The predicted octanol–water partition coefficient (Wildman–Crippen LogP) is 2.75. The first kappa shape index (κ1) is 16.0. The number of fused-ring (bicyclic) bond motifs is 1. The molecule has 8 heteroatoms. The number of nitrogens with zero attached hydrogens (tertiary/aromatic N) is 2. The largest absolute Gasteiger partial charge is 0.497 e. The van der Waals surface area contributed by atoms with E-state index >= 15 is 0 Å². The molecule has 0 aliphatic heterocycles. The van der Waals surface area contributed by atoms with E-state index in [0.717, 1.165) is 6.26 Å². The van der Waals surface area contributed by atoms with Gasteiger partial charge in [-0.15, -0.1) is 0 Å². The lowest BCUT2D eigenvalue weighted by atomic mass is 10.3. The molecule has 3 aromatic rings. The van der Waals surface area contributed by atoms with E-state index in [-0.39, 0.29) is 5.82 Å². The van der Waals surface area contributed by atoms with Crippen LogP contribution in [0.5, 0.6) is 5.75 Å². The van der Waals surface area contributed by atoms with Gasteiger partial charge in [-0.1, -0.05) is 18.2 Å². The fourth-order valence-corrected chi connectivity index (χ4v) is 2.67. The smallest absolute Gasteiger partial charge is 0.231 e. The summed E-state index contributed by atoms with van der Waals surface area (Å²) < 4.78 is 30.8. The van der Waals surface area contributed by atoms with Crippen molar-refractivity contribution in [2.75, 3.05) is 23.4 Å². The van der Waals surface area contributed by atoms with Gasteiger partial charge in [0.2, 0.25) is 10.0 Å². The molecule has 3 rings (SSSR count). The summed E-state index contributed by atoms with van der Waals surface area (Å²) in [6.07, 6.45) is 1.07. The number of aromatic nitrogens is 2. The molecule has 1 heterocycles. The zero-order chi connectivity index (χ0) is 17.2. The normalized spacial score (nSPS) is 11.2. The highest BCUT2D eigenvalue weighted by Gasteiger charge is 2.13. The molecule has 0 spiro atoms. The number of rotatable bonds is 5. The van der Waals surface area contributed by atoms with Crippen LogP contribution in [-0.4, -0.2) is 31.8 Å². The van der Waals surface area contributed by atoms with Crippen LogP contribution in [0, 0.1) is 0 Å². The van der Waals surface area contributed by atoms with Crippen LogP contribution in [0.4, 0.5) is 17.3 Å². The molecule has 0 bridgehead atoms. The van der Waals surface area contributed by atoms with Gasteiger partial charge in [0.15, 0.2) is 11.6 Å². The van der Waals surface area contributed by atoms with Crippen molar-refractivity contribution in [2.24, 2.45) is 0 Å². The Labute approximate surface area is 139 Å². The van der Waals surface area contributed by atoms with Gasteiger partial charge in [-0.05, 0) is 24.3 Å². The molecule has 0 radical (unpaired) electrons. The molecule has 0 saturated carbocycles. The van der Waals surface area contributed by atoms with Crippen molar-refractivity contribution in [3.05, 3.63) is 48.5 Å². The van der Waals surface area contributed by atoms with Crippen LogP contribution < -0.4 is 14.8 Å². The second kappa shape index (κ2) is 6.32. The van der Waals surface area contributed by atoms with Gasteiger partial charge in [-0.3, -0.25) is 4.72 Å². The van der Waals surface area contributed by atoms with Gasteiger partial charge in [0.25, 0.3) is 0 Å². The highest BCUT2D eigenvalue weighted by atomic mass is 32.2. The van der Waals surface area contributed by atoms with Gasteiger partial charge in [0.05, 0.1) is 24.4 Å². The van der Waals surface area contributed by atoms with Crippen LogP contribution in [0.3, 0.4) is 0 Å². The van der Waals surface area contributed by atoms with Crippen molar-refractivity contribution in [2.45, 2.75) is 0 Å². The van der Waals surface area contributed by atoms with Gasteiger partial charge in [-0.25, -0.2) is 18.4 Å². The van der Waals surface area contributed by atoms with E-state index in [2.05, 4.69) is 20.0 Å². The molecule has 0 aliphatic rings. The SMILES string of the molecule is COc1cccc(Nc2nc3ccccc3nc2NS(C)(=O)=O)c1. The third kappa shape index (κ3) is 3.72. The van der Waals surface area contributed by atoms with Gasteiger partial charge >= 0.3 is 0 Å². The number of para-hydroxylation sites is 2. The lowest BCUT2D eigenvalue weighted by Gasteiger charge is -2.13. The van der Waals surface area contributed by atoms with Crippen LogP contribution >= 0.6 is 0 Å². The molecular formula is C16H16N4O3S. The standard InChI is InChI=1S/C16H16N4O3S/c1-23-12-7-5-6-11(10-12)17-15-16(20-24(2,21)22)19-14-9-4-3-8-13(14)18-15/h3-10H,1-2H3,(H,17,18)(H,19,20). The Balaban J connectivity index is 2.07. The molecule has 0 saturated heterocycles. The monoisotopic (exact) mass is 344 g/mol. The average Bonchev–Trinajstić information content (AvgIpc) is 2.54. The Bertz CT molecular complexity index is 990. The number of methoxy groups -OCH3 is 1. The van der Waals surface area contributed by atoms with Gasteiger partial charge in [-0.2, -0.15) is 0 Å². The molecule has 1 aromatic heterocycles. The Morgan fingerprint density at radius 1 is 0.958 bits per heavy atom. The Morgan fingerprint density at radius 3 is 2.25 bits per heavy atom. The maximum atomic E-state index is 11.6. The number of hydrogen-bond acceptors (Lipinski definition) is 6. The second-order valence-corrected chi connectivity index (χ2v) is 6.89. The summed E-state index contributed by atoms with van der Waals surface area (Å²) in [7, 11) is -1.92. The van der Waals surface area contributed by atoms with Gasteiger partial charge in [0.1, 0.15) is 5.75 Å². The lowest BCUT2D eigenvalue weighted by molar-refractivity contribution is 0.415. The van der Waals surface area contributed by atoms with Crippen LogP contribution in [0.25, 0.3) is 11.0 Å². The molecule has 2 N–H and O–H groups in total. The molecule has 0 amide bonds. The number of anilines is 3. The van der Waals surface area contributed by atoms with E-state index in [4.69, 9.17) is 4.74 Å². The first-order valence-electron chi connectivity index (χ1n) is 7.10. The zero-order valence-corrected chi connectivity index (χ0v) is 14.0. The third-order valence-electron chi connectivity index (χ3n) is 3.19. The number of nitrogens with one attached hydrogen (secondary N) is 2. The Kier molecular flexibility index (Phi) is 4.22. The minimum absolute atomic E-state index is 0.138. The summed E-state index contributed by atoms with van der Waals surface area (Å²) in [6, 6.07) is 14.5. The van der Waals surface area contributed by atoms with Crippen molar-refractivity contribution < 1.29 is 13.2 Å². The number of hydrogen-bond donors (Lipinski definition) is 2. The summed E-state index contributed by atoms with van der Waals surface area (Å²) in [6.45, 7) is 0. The van der Waals surface area contributed by atoms with Gasteiger partial charge in [0, 0.05) is 11.8 Å². The van der Waals surface area contributed by atoms with Crippen LogP contribution in [-0.2, 0) is 10.0 Å². The highest BCUT2D eigenvalue weighted by molar-refractivity contribution is 7.92. The Morgan fingerprint density at radius 2 is 1.62 bits per heavy atom. The maximum Gasteiger partial charge on any atom is 0.231 e. The van der Waals surface area contributed by atoms with E-state index in [1.165, 1.54) is 0 Å². The lowest BCUT2D eigenvalue weighted by Crippen LogP contribution is -2.13. The molecule has 7 nitrogen and oxygen atoms in total. The van der Waals surface area contributed by atoms with Crippen molar-refractivity contribution in [3.8, 4) is 5.75 Å². The minimum Gasteiger partial charge on any atom is -0.497 e. The molecule has 0 atom stereocenters.